The molecule has 178 valence electrons. The van der Waals surface area contributed by atoms with Crippen LogP contribution in [0.15, 0.2) is 30.6 Å². The van der Waals surface area contributed by atoms with E-state index < -0.39 is 5.91 Å². The summed E-state index contributed by atoms with van der Waals surface area (Å²) < 4.78 is 14.8. The molecule has 2 heterocycles. The van der Waals surface area contributed by atoms with Gasteiger partial charge in [0, 0.05) is 25.1 Å². The van der Waals surface area contributed by atoms with Crippen LogP contribution in [-0.2, 0) is 11.3 Å². The third kappa shape index (κ3) is 5.27. The molecule has 0 atom stereocenters. The molecule has 9 nitrogen and oxygen atoms in total. The molecule has 0 bridgehead atoms. The fraction of sp³-hybridized carbons (Fsp3) is 0.417. The summed E-state index contributed by atoms with van der Waals surface area (Å²) in [4.78, 5) is 45.5. The third-order valence-electron chi connectivity index (χ3n) is 6.37. The maximum Gasteiger partial charge on any atom is 0.270 e. The molecule has 0 saturated heterocycles. The van der Waals surface area contributed by atoms with E-state index in [2.05, 4.69) is 25.7 Å². The Kier molecular flexibility index (Phi) is 6.95. The van der Waals surface area contributed by atoms with Crippen LogP contribution in [0.25, 0.3) is 5.78 Å². The normalized spacial score (nSPS) is 18.0. The quantitative estimate of drug-likeness (QED) is 0.553. The number of aromatic nitrogens is 4. The molecule has 1 saturated carbocycles. The van der Waals surface area contributed by atoms with Crippen molar-refractivity contribution in [3.8, 4) is 0 Å². The highest BCUT2D eigenvalue weighted by atomic mass is 19.1. The van der Waals surface area contributed by atoms with Crippen molar-refractivity contribution in [3.63, 3.8) is 0 Å². The van der Waals surface area contributed by atoms with Crippen LogP contribution in [0.3, 0.4) is 0 Å². The molecule has 0 unspecified atom stereocenters. The standard InChI is InChI=1S/C24H27FN6O3/c1-14-9-17(5-8-19(14)25)12-26-22(33)20-10-21(31-24(30-20)28-13-29-31)23(34)27-11-16-3-6-18(7-4-16)15(2)32/h5,8-10,13,16,18H,3-4,6-7,11-12H2,1-2H3,(H,26,33)(H,27,34). The van der Waals surface area contributed by atoms with Crippen LogP contribution in [0.5, 0.6) is 0 Å². The van der Waals surface area contributed by atoms with Gasteiger partial charge in [-0.2, -0.15) is 14.6 Å². The largest absolute Gasteiger partial charge is 0.350 e. The summed E-state index contributed by atoms with van der Waals surface area (Å²) in [6.45, 7) is 3.95. The molecule has 2 aromatic heterocycles. The fourth-order valence-electron chi connectivity index (χ4n) is 4.28. The van der Waals surface area contributed by atoms with E-state index in [1.54, 1.807) is 26.0 Å². The van der Waals surface area contributed by atoms with Crippen LogP contribution >= 0.6 is 0 Å². The molecule has 0 aliphatic heterocycles. The van der Waals surface area contributed by atoms with E-state index >= 15 is 0 Å². The minimum absolute atomic E-state index is 0.0338. The number of aryl methyl sites for hydroxylation is 1. The van der Waals surface area contributed by atoms with Gasteiger partial charge in [-0.3, -0.25) is 14.4 Å². The van der Waals surface area contributed by atoms with E-state index in [1.807, 2.05) is 0 Å². The SMILES string of the molecule is CC(=O)C1CCC(CNC(=O)c2cc(C(=O)NCc3ccc(F)c(C)c3)nc3ncnn23)CC1. The number of ketones is 1. The van der Waals surface area contributed by atoms with Gasteiger partial charge in [0.15, 0.2) is 0 Å². The first kappa shape index (κ1) is 23.5. The average molecular weight is 467 g/mol. The molecule has 2 amide bonds. The summed E-state index contributed by atoms with van der Waals surface area (Å²) in [5, 5.41) is 9.72. The van der Waals surface area contributed by atoms with Gasteiger partial charge in [-0.25, -0.2) is 9.37 Å². The van der Waals surface area contributed by atoms with E-state index in [0.717, 1.165) is 31.2 Å². The molecule has 1 aromatic carbocycles. The van der Waals surface area contributed by atoms with Gasteiger partial charge in [0.05, 0.1) is 0 Å². The average Bonchev–Trinajstić information content (AvgIpc) is 3.31. The Morgan fingerprint density at radius 1 is 1.09 bits per heavy atom. The number of amides is 2. The number of fused-ring (bicyclic) bond motifs is 1. The molecule has 0 radical (unpaired) electrons. The number of rotatable bonds is 7. The molecule has 1 fully saturated rings. The number of nitrogens with one attached hydrogen (secondary N) is 2. The Hall–Kier alpha value is -3.69. The van der Waals surface area contributed by atoms with Crippen molar-refractivity contribution in [2.45, 2.75) is 46.1 Å². The lowest BCUT2D eigenvalue weighted by Gasteiger charge is -2.27. The number of nitrogens with zero attached hydrogens (tertiary/aromatic N) is 4. The third-order valence-corrected chi connectivity index (χ3v) is 6.37. The maximum atomic E-state index is 13.5. The van der Waals surface area contributed by atoms with Crippen molar-refractivity contribution in [1.29, 1.82) is 0 Å². The lowest BCUT2D eigenvalue weighted by Crippen LogP contribution is -2.34. The van der Waals surface area contributed by atoms with Crippen molar-refractivity contribution in [2.75, 3.05) is 6.54 Å². The lowest BCUT2D eigenvalue weighted by atomic mass is 9.80. The van der Waals surface area contributed by atoms with Crippen LogP contribution in [0.4, 0.5) is 4.39 Å². The van der Waals surface area contributed by atoms with Crippen molar-refractivity contribution in [2.24, 2.45) is 11.8 Å². The number of carbonyl (C=O) groups is 3. The minimum atomic E-state index is -0.482. The van der Waals surface area contributed by atoms with Crippen molar-refractivity contribution < 1.29 is 18.8 Å². The van der Waals surface area contributed by atoms with E-state index in [1.165, 1.54) is 23.0 Å². The number of halogens is 1. The number of hydrogen-bond donors (Lipinski definition) is 2. The zero-order chi connectivity index (χ0) is 24.2. The molecule has 0 spiro atoms. The summed E-state index contributed by atoms with van der Waals surface area (Å²) in [5.41, 5.74) is 1.42. The van der Waals surface area contributed by atoms with Gasteiger partial charge in [0.1, 0.15) is 29.3 Å². The van der Waals surface area contributed by atoms with Gasteiger partial charge in [-0.1, -0.05) is 12.1 Å². The molecule has 2 N–H and O–H groups in total. The molecular weight excluding hydrogens is 439 g/mol. The number of hydrogen-bond acceptors (Lipinski definition) is 6. The summed E-state index contributed by atoms with van der Waals surface area (Å²) in [6.07, 6.45) is 4.73. The molecule has 1 aliphatic carbocycles. The predicted octanol–water partition coefficient (Wildman–Crippen LogP) is 2.63. The summed E-state index contributed by atoms with van der Waals surface area (Å²) in [6, 6.07) is 6.00. The zero-order valence-corrected chi connectivity index (χ0v) is 19.2. The van der Waals surface area contributed by atoms with Gasteiger partial charge in [0.2, 0.25) is 0 Å². The molecule has 10 heteroatoms. The summed E-state index contributed by atoms with van der Waals surface area (Å²) in [7, 11) is 0. The van der Waals surface area contributed by atoms with Crippen LogP contribution in [0.1, 0.15) is 64.7 Å². The van der Waals surface area contributed by atoms with Gasteiger partial charge in [0.25, 0.3) is 17.6 Å². The van der Waals surface area contributed by atoms with E-state index in [4.69, 9.17) is 0 Å². The highest BCUT2D eigenvalue weighted by Gasteiger charge is 2.25. The Bertz CT molecular complexity index is 1230. The lowest BCUT2D eigenvalue weighted by molar-refractivity contribution is -0.121. The van der Waals surface area contributed by atoms with Crippen LogP contribution in [-0.4, -0.2) is 43.7 Å². The highest BCUT2D eigenvalue weighted by molar-refractivity contribution is 5.98. The maximum absolute atomic E-state index is 13.5. The van der Waals surface area contributed by atoms with Gasteiger partial charge >= 0.3 is 0 Å². The first-order valence-electron chi connectivity index (χ1n) is 11.3. The second kappa shape index (κ2) is 10.1. The van der Waals surface area contributed by atoms with Crippen molar-refractivity contribution >= 4 is 23.4 Å². The summed E-state index contributed by atoms with van der Waals surface area (Å²) in [5.74, 6) is -0.377. The van der Waals surface area contributed by atoms with Crippen molar-refractivity contribution in [1.82, 2.24) is 30.2 Å². The van der Waals surface area contributed by atoms with Gasteiger partial charge in [-0.05, 0) is 62.6 Å². The predicted molar refractivity (Wildman–Crippen MR) is 122 cm³/mol. The molecule has 1 aliphatic rings. The Morgan fingerprint density at radius 3 is 2.56 bits per heavy atom. The molecule has 4 rings (SSSR count). The van der Waals surface area contributed by atoms with E-state index in [9.17, 15) is 18.8 Å². The molecular formula is C24H27FN6O3. The van der Waals surface area contributed by atoms with Crippen LogP contribution < -0.4 is 10.6 Å². The molecule has 3 aromatic rings. The fourth-order valence-corrected chi connectivity index (χ4v) is 4.28. The minimum Gasteiger partial charge on any atom is -0.350 e. The Balaban J connectivity index is 1.43. The van der Waals surface area contributed by atoms with Gasteiger partial charge in [-0.15, -0.1) is 0 Å². The first-order chi connectivity index (χ1) is 16.3. The van der Waals surface area contributed by atoms with Gasteiger partial charge < -0.3 is 10.6 Å². The first-order valence-corrected chi connectivity index (χ1v) is 11.3. The van der Waals surface area contributed by atoms with Crippen LogP contribution in [0.2, 0.25) is 0 Å². The topological polar surface area (TPSA) is 118 Å². The second-order valence-electron chi connectivity index (χ2n) is 8.80. The van der Waals surface area contributed by atoms with E-state index in [-0.39, 0.29) is 47.1 Å². The number of benzene rings is 1. The monoisotopic (exact) mass is 466 g/mol. The number of Topliss-reactive ketones (excluding diaryl/α,β-unsaturated/α-hetero) is 1. The number of carbonyl (C=O) groups excluding carboxylic acids is 3. The Morgan fingerprint density at radius 2 is 1.85 bits per heavy atom. The van der Waals surface area contributed by atoms with Crippen LogP contribution in [0, 0.1) is 24.6 Å². The second-order valence-corrected chi connectivity index (χ2v) is 8.80. The van der Waals surface area contributed by atoms with Crippen molar-refractivity contribution in [3.05, 3.63) is 58.9 Å². The van der Waals surface area contributed by atoms with E-state index in [0.29, 0.717) is 18.0 Å². The Labute approximate surface area is 196 Å². The summed E-state index contributed by atoms with van der Waals surface area (Å²) >= 11 is 0. The highest BCUT2D eigenvalue weighted by Crippen LogP contribution is 2.28. The zero-order valence-electron chi connectivity index (χ0n) is 19.2. The smallest absolute Gasteiger partial charge is 0.270 e. The molecule has 34 heavy (non-hydrogen) atoms.